The average Bonchev–Trinajstić information content (AvgIpc) is 2.90. The monoisotopic (exact) mass is 310 g/mol. The standard InChI is InChI=1S/C18H22N4O/c1-12-7-13(2)10-22(9-12)11-17(23)14(8-19)18-20-15-5-3-4-6-16(15)21-18/h3-6,12-13,23H,7,9-11H2,1-2H3,(H,20,21)/b17-14-/t12-,13-/m0/s1. The van der Waals surface area contributed by atoms with Crippen LogP contribution in [0.5, 0.6) is 0 Å². The van der Waals surface area contributed by atoms with Gasteiger partial charge in [-0.15, -0.1) is 0 Å². The van der Waals surface area contributed by atoms with Gasteiger partial charge in [-0.05, 0) is 30.4 Å². The molecule has 2 atom stereocenters. The number of piperidine rings is 1. The van der Waals surface area contributed by atoms with Gasteiger partial charge in [0.1, 0.15) is 17.4 Å². The number of hydrogen-bond donors (Lipinski definition) is 2. The molecular weight excluding hydrogens is 288 g/mol. The van der Waals surface area contributed by atoms with Gasteiger partial charge in [-0.3, -0.25) is 4.90 Å². The summed E-state index contributed by atoms with van der Waals surface area (Å²) in [5, 5.41) is 19.9. The van der Waals surface area contributed by atoms with Gasteiger partial charge >= 0.3 is 0 Å². The SMILES string of the molecule is C[C@H]1C[C@H](C)CN(C/C(O)=C(\C#N)c2nc3ccccc3[nH]2)C1. The fourth-order valence-corrected chi connectivity index (χ4v) is 3.54. The molecule has 1 aromatic carbocycles. The van der Waals surface area contributed by atoms with Crippen molar-refractivity contribution in [3.8, 4) is 6.07 Å². The zero-order chi connectivity index (χ0) is 16.4. The Labute approximate surface area is 136 Å². The zero-order valence-electron chi connectivity index (χ0n) is 13.6. The second-order valence-corrected chi connectivity index (χ2v) is 6.68. The molecule has 0 amide bonds. The number of allylic oxidation sites excluding steroid dienone is 1. The zero-order valence-corrected chi connectivity index (χ0v) is 13.6. The molecular formula is C18H22N4O. The number of hydrogen-bond acceptors (Lipinski definition) is 4. The van der Waals surface area contributed by atoms with Gasteiger partial charge in [0.25, 0.3) is 0 Å². The minimum atomic E-state index is 0.0906. The minimum absolute atomic E-state index is 0.0906. The molecule has 2 aromatic rings. The minimum Gasteiger partial charge on any atom is -0.509 e. The maximum absolute atomic E-state index is 10.5. The Kier molecular flexibility index (Phi) is 4.35. The molecule has 3 rings (SSSR count). The number of H-pyrrole nitrogens is 1. The molecule has 120 valence electrons. The Morgan fingerprint density at radius 2 is 2.04 bits per heavy atom. The summed E-state index contributed by atoms with van der Waals surface area (Å²) in [6.45, 7) is 6.76. The molecule has 1 aliphatic heterocycles. The number of benzene rings is 1. The fraction of sp³-hybridized carbons (Fsp3) is 0.444. The van der Waals surface area contributed by atoms with Crippen molar-refractivity contribution in [3.63, 3.8) is 0 Å². The fourth-order valence-electron chi connectivity index (χ4n) is 3.54. The molecule has 1 aromatic heterocycles. The number of aromatic amines is 1. The average molecular weight is 310 g/mol. The molecule has 1 aliphatic rings. The van der Waals surface area contributed by atoms with Gasteiger partial charge in [-0.2, -0.15) is 5.26 Å². The van der Waals surface area contributed by atoms with Crippen LogP contribution in [0.3, 0.4) is 0 Å². The van der Waals surface area contributed by atoms with Crippen LogP contribution in [0.15, 0.2) is 30.0 Å². The number of aliphatic hydroxyl groups excluding tert-OH is 1. The summed E-state index contributed by atoms with van der Waals surface area (Å²) in [4.78, 5) is 9.74. The molecule has 0 unspecified atom stereocenters. The molecule has 1 fully saturated rings. The number of imidazole rings is 1. The van der Waals surface area contributed by atoms with Crippen molar-refractivity contribution in [2.24, 2.45) is 11.8 Å². The molecule has 0 bridgehead atoms. The van der Waals surface area contributed by atoms with Gasteiger partial charge in [0.15, 0.2) is 5.82 Å². The lowest BCUT2D eigenvalue weighted by molar-refractivity contribution is 0.138. The summed E-state index contributed by atoms with van der Waals surface area (Å²) in [6, 6.07) is 9.71. The van der Waals surface area contributed by atoms with Crippen molar-refractivity contribution in [3.05, 3.63) is 35.8 Å². The number of likely N-dealkylation sites (tertiary alicyclic amines) is 1. The van der Waals surface area contributed by atoms with E-state index in [1.54, 1.807) is 0 Å². The highest BCUT2D eigenvalue weighted by Crippen LogP contribution is 2.23. The van der Waals surface area contributed by atoms with E-state index in [0.717, 1.165) is 24.1 Å². The number of nitrogens with zero attached hydrogens (tertiary/aromatic N) is 3. The van der Waals surface area contributed by atoms with E-state index in [-0.39, 0.29) is 11.3 Å². The molecule has 0 radical (unpaired) electrons. The van der Waals surface area contributed by atoms with Gasteiger partial charge in [0.05, 0.1) is 17.6 Å². The van der Waals surface area contributed by atoms with E-state index in [1.807, 2.05) is 24.3 Å². The third kappa shape index (κ3) is 3.38. The first-order valence-electron chi connectivity index (χ1n) is 8.06. The van der Waals surface area contributed by atoms with Crippen molar-refractivity contribution in [1.29, 1.82) is 5.26 Å². The Balaban J connectivity index is 1.85. The van der Waals surface area contributed by atoms with Crippen LogP contribution in [-0.4, -0.2) is 39.6 Å². The number of nitriles is 1. The van der Waals surface area contributed by atoms with Crippen LogP contribution in [-0.2, 0) is 0 Å². The highest BCUT2D eigenvalue weighted by Gasteiger charge is 2.23. The van der Waals surface area contributed by atoms with E-state index < -0.39 is 0 Å². The summed E-state index contributed by atoms with van der Waals surface area (Å²) in [7, 11) is 0. The number of fused-ring (bicyclic) bond motifs is 1. The number of rotatable bonds is 3. The van der Waals surface area contributed by atoms with Crippen LogP contribution in [0.2, 0.25) is 0 Å². The number of aromatic nitrogens is 2. The van der Waals surface area contributed by atoms with Crippen molar-refractivity contribution in [2.75, 3.05) is 19.6 Å². The number of nitrogens with one attached hydrogen (secondary N) is 1. The molecule has 5 nitrogen and oxygen atoms in total. The lowest BCUT2D eigenvalue weighted by Gasteiger charge is -2.34. The van der Waals surface area contributed by atoms with E-state index in [9.17, 15) is 10.4 Å². The molecule has 5 heteroatoms. The predicted octanol–water partition coefficient (Wildman–Crippen LogP) is 3.33. The number of para-hydroxylation sites is 2. The second kappa shape index (κ2) is 6.43. The quantitative estimate of drug-likeness (QED) is 0.673. The Morgan fingerprint density at radius 3 is 2.70 bits per heavy atom. The van der Waals surface area contributed by atoms with Crippen LogP contribution in [0, 0.1) is 23.2 Å². The number of aliphatic hydroxyl groups is 1. The highest BCUT2D eigenvalue weighted by molar-refractivity contribution is 5.82. The Bertz CT molecular complexity index is 728. The summed E-state index contributed by atoms with van der Waals surface area (Å²) in [5.41, 5.74) is 1.89. The molecule has 0 aliphatic carbocycles. The third-order valence-corrected chi connectivity index (χ3v) is 4.34. The van der Waals surface area contributed by atoms with Crippen molar-refractivity contribution < 1.29 is 5.11 Å². The first-order valence-corrected chi connectivity index (χ1v) is 8.06. The van der Waals surface area contributed by atoms with E-state index in [2.05, 4.69) is 34.8 Å². The van der Waals surface area contributed by atoms with Crippen LogP contribution in [0.1, 0.15) is 26.1 Å². The van der Waals surface area contributed by atoms with Crippen LogP contribution >= 0.6 is 0 Å². The second-order valence-electron chi connectivity index (χ2n) is 6.68. The third-order valence-electron chi connectivity index (χ3n) is 4.34. The molecule has 23 heavy (non-hydrogen) atoms. The molecule has 0 spiro atoms. The largest absolute Gasteiger partial charge is 0.509 e. The summed E-state index contributed by atoms with van der Waals surface area (Å²) < 4.78 is 0. The smallest absolute Gasteiger partial charge is 0.152 e. The molecule has 1 saturated heterocycles. The Morgan fingerprint density at radius 1 is 1.35 bits per heavy atom. The summed E-state index contributed by atoms with van der Waals surface area (Å²) >= 11 is 0. The first kappa shape index (κ1) is 15.6. The summed E-state index contributed by atoms with van der Waals surface area (Å²) in [5.74, 6) is 1.75. The lowest BCUT2D eigenvalue weighted by Crippen LogP contribution is -2.39. The van der Waals surface area contributed by atoms with Crippen LogP contribution in [0.4, 0.5) is 0 Å². The van der Waals surface area contributed by atoms with E-state index in [4.69, 9.17) is 0 Å². The van der Waals surface area contributed by atoms with Gasteiger partial charge < -0.3 is 10.1 Å². The highest BCUT2D eigenvalue weighted by atomic mass is 16.3. The van der Waals surface area contributed by atoms with E-state index >= 15 is 0 Å². The Hall–Kier alpha value is -2.32. The first-order chi connectivity index (χ1) is 11.1. The predicted molar refractivity (Wildman–Crippen MR) is 90.6 cm³/mol. The van der Waals surface area contributed by atoms with Gasteiger partial charge in [-0.25, -0.2) is 4.98 Å². The van der Waals surface area contributed by atoms with Crippen molar-refractivity contribution in [1.82, 2.24) is 14.9 Å². The maximum atomic E-state index is 10.5. The lowest BCUT2D eigenvalue weighted by atomic mass is 9.92. The van der Waals surface area contributed by atoms with Crippen molar-refractivity contribution in [2.45, 2.75) is 20.3 Å². The van der Waals surface area contributed by atoms with Crippen LogP contribution in [0.25, 0.3) is 16.6 Å². The molecule has 0 saturated carbocycles. The molecule has 2 heterocycles. The van der Waals surface area contributed by atoms with E-state index in [1.165, 1.54) is 6.42 Å². The topological polar surface area (TPSA) is 75.9 Å². The van der Waals surface area contributed by atoms with Gasteiger partial charge in [0.2, 0.25) is 0 Å². The normalized spacial score (nSPS) is 23.5. The van der Waals surface area contributed by atoms with Gasteiger partial charge in [0, 0.05) is 13.1 Å². The summed E-state index contributed by atoms with van der Waals surface area (Å²) in [6.07, 6.45) is 1.22. The van der Waals surface area contributed by atoms with Gasteiger partial charge in [-0.1, -0.05) is 26.0 Å². The van der Waals surface area contributed by atoms with Crippen LogP contribution < -0.4 is 0 Å². The molecule has 2 N–H and O–H groups in total. The maximum Gasteiger partial charge on any atom is 0.152 e. The van der Waals surface area contributed by atoms with E-state index in [0.29, 0.717) is 24.2 Å². The van der Waals surface area contributed by atoms with Crippen molar-refractivity contribution >= 4 is 16.6 Å².